The molecule has 0 aliphatic heterocycles. The first-order valence-corrected chi connectivity index (χ1v) is 9.96. The van der Waals surface area contributed by atoms with Crippen molar-refractivity contribution >= 4 is 11.6 Å². The number of carbonyl (C=O) groups excluding carboxylic acids is 1. The van der Waals surface area contributed by atoms with Crippen LogP contribution >= 0.6 is 0 Å². The molecular formula is C21H20F7N5O. The van der Waals surface area contributed by atoms with Crippen molar-refractivity contribution in [3.63, 3.8) is 0 Å². The van der Waals surface area contributed by atoms with E-state index in [9.17, 15) is 35.5 Å². The minimum atomic E-state index is -4.51. The molecule has 1 unspecified atom stereocenters. The first kappa shape index (κ1) is 25.2. The Morgan fingerprint density at radius 2 is 1.74 bits per heavy atom. The van der Waals surface area contributed by atoms with Crippen LogP contribution in [0.1, 0.15) is 59.7 Å². The standard InChI is InChI=1S/C21H20F7N5O/c1-10-17(11(2)32(30-10)9-13-5-4-6-14(7-13)21(26,27)28)29-20(34)12(3)33-16(19(24)25)8-15(31-33)18(22)23/h4-8,12,18-19H,9H2,1-3H3,(H,29,34). The van der Waals surface area contributed by atoms with E-state index in [1.54, 1.807) is 13.8 Å². The summed E-state index contributed by atoms with van der Waals surface area (Å²) in [6, 6.07) is 3.88. The van der Waals surface area contributed by atoms with Gasteiger partial charge in [0.15, 0.2) is 0 Å². The second-order valence-electron chi connectivity index (χ2n) is 7.61. The summed E-state index contributed by atoms with van der Waals surface area (Å²) >= 11 is 0. The Morgan fingerprint density at radius 1 is 1.06 bits per heavy atom. The molecule has 0 saturated heterocycles. The summed E-state index contributed by atoms with van der Waals surface area (Å²) in [5, 5.41) is 10.2. The zero-order valence-corrected chi connectivity index (χ0v) is 18.2. The Balaban J connectivity index is 1.83. The average molecular weight is 491 g/mol. The van der Waals surface area contributed by atoms with Gasteiger partial charge in [0.1, 0.15) is 17.4 Å². The third-order valence-corrected chi connectivity index (χ3v) is 5.19. The first-order valence-electron chi connectivity index (χ1n) is 9.96. The quantitative estimate of drug-likeness (QED) is 0.423. The lowest BCUT2D eigenvalue weighted by Crippen LogP contribution is -2.26. The fourth-order valence-corrected chi connectivity index (χ4v) is 3.40. The molecule has 0 aliphatic rings. The lowest BCUT2D eigenvalue weighted by molar-refractivity contribution is -0.137. The number of anilines is 1. The molecule has 1 aromatic carbocycles. The topological polar surface area (TPSA) is 64.7 Å². The maximum atomic E-state index is 13.3. The highest BCUT2D eigenvalue weighted by atomic mass is 19.4. The minimum absolute atomic E-state index is 0.0194. The summed E-state index contributed by atoms with van der Waals surface area (Å²) in [4.78, 5) is 12.7. The SMILES string of the molecule is Cc1nn(Cc2cccc(C(F)(F)F)c2)c(C)c1NC(=O)C(C)n1nc(C(F)F)cc1C(F)F. The second kappa shape index (κ2) is 9.47. The summed E-state index contributed by atoms with van der Waals surface area (Å²) in [5.41, 5.74) is -1.24. The minimum Gasteiger partial charge on any atom is -0.321 e. The van der Waals surface area contributed by atoms with E-state index in [1.807, 2.05) is 0 Å². The van der Waals surface area contributed by atoms with Crippen LogP contribution in [-0.2, 0) is 17.5 Å². The smallest absolute Gasteiger partial charge is 0.321 e. The number of halogens is 7. The predicted octanol–water partition coefficient (Wildman–Crippen LogP) is 5.84. The largest absolute Gasteiger partial charge is 0.416 e. The Labute approximate surface area is 189 Å². The molecule has 1 N–H and O–H groups in total. The highest BCUT2D eigenvalue weighted by Gasteiger charge is 2.31. The van der Waals surface area contributed by atoms with Crippen molar-refractivity contribution in [2.45, 2.75) is 52.4 Å². The molecule has 3 aromatic rings. The first-order chi connectivity index (χ1) is 15.8. The van der Waals surface area contributed by atoms with Crippen molar-refractivity contribution in [3.05, 3.63) is 64.2 Å². The molecule has 0 aliphatic carbocycles. The molecule has 0 radical (unpaired) electrons. The van der Waals surface area contributed by atoms with Crippen LogP contribution in [0.2, 0.25) is 0 Å². The molecule has 0 fully saturated rings. The average Bonchev–Trinajstić information content (AvgIpc) is 3.31. The molecule has 34 heavy (non-hydrogen) atoms. The number of benzene rings is 1. The van der Waals surface area contributed by atoms with Crippen LogP contribution in [0, 0.1) is 13.8 Å². The monoisotopic (exact) mass is 491 g/mol. The van der Waals surface area contributed by atoms with Crippen LogP contribution in [0.25, 0.3) is 0 Å². The van der Waals surface area contributed by atoms with E-state index in [0.717, 1.165) is 12.1 Å². The number of carbonyl (C=O) groups is 1. The van der Waals surface area contributed by atoms with E-state index < -0.39 is 47.9 Å². The third kappa shape index (κ3) is 5.23. The van der Waals surface area contributed by atoms with Gasteiger partial charge >= 0.3 is 6.18 Å². The van der Waals surface area contributed by atoms with Crippen LogP contribution in [0.3, 0.4) is 0 Å². The molecule has 3 rings (SSSR count). The number of rotatable bonds is 7. The second-order valence-corrected chi connectivity index (χ2v) is 7.61. The van der Waals surface area contributed by atoms with Crippen molar-refractivity contribution in [2.24, 2.45) is 0 Å². The van der Waals surface area contributed by atoms with Crippen LogP contribution < -0.4 is 5.32 Å². The van der Waals surface area contributed by atoms with Crippen molar-refractivity contribution in [2.75, 3.05) is 5.32 Å². The Hall–Kier alpha value is -3.38. The van der Waals surface area contributed by atoms with Crippen LogP contribution in [0.5, 0.6) is 0 Å². The molecule has 184 valence electrons. The van der Waals surface area contributed by atoms with Gasteiger partial charge in [-0.1, -0.05) is 12.1 Å². The fraction of sp³-hybridized carbons (Fsp3) is 0.381. The number of nitrogens with zero attached hydrogens (tertiary/aromatic N) is 4. The summed E-state index contributed by atoms with van der Waals surface area (Å²) in [6.07, 6.45) is -10.7. The Kier molecular flexibility index (Phi) is 7.03. The lowest BCUT2D eigenvalue weighted by Gasteiger charge is -2.16. The maximum Gasteiger partial charge on any atom is 0.416 e. The zero-order valence-electron chi connectivity index (χ0n) is 18.2. The van der Waals surface area contributed by atoms with Crippen LogP contribution in [0.4, 0.5) is 36.4 Å². The molecule has 1 atom stereocenters. The number of alkyl halides is 7. The van der Waals surface area contributed by atoms with Gasteiger partial charge in [-0.05, 0) is 44.5 Å². The number of aryl methyl sites for hydroxylation is 1. The van der Waals surface area contributed by atoms with Gasteiger partial charge in [0.2, 0.25) is 5.91 Å². The molecule has 2 aromatic heterocycles. The van der Waals surface area contributed by atoms with E-state index in [-0.39, 0.29) is 12.2 Å². The Bertz CT molecular complexity index is 1180. The van der Waals surface area contributed by atoms with Gasteiger partial charge in [-0.2, -0.15) is 23.4 Å². The van der Waals surface area contributed by atoms with Gasteiger partial charge in [-0.3, -0.25) is 14.2 Å². The van der Waals surface area contributed by atoms with Gasteiger partial charge in [0.25, 0.3) is 12.9 Å². The third-order valence-electron chi connectivity index (χ3n) is 5.19. The summed E-state index contributed by atoms with van der Waals surface area (Å²) in [6.45, 7) is 4.32. The number of hydrogen-bond acceptors (Lipinski definition) is 3. The van der Waals surface area contributed by atoms with E-state index in [2.05, 4.69) is 15.5 Å². The number of nitrogens with one attached hydrogen (secondary N) is 1. The van der Waals surface area contributed by atoms with Crippen molar-refractivity contribution < 1.29 is 35.5 Å². The summed E-state index contributed by atoms with van der Waals surface area (Å²) in [5.74, 6) is -0.810. The summed E-state index contributed by atoms with van der Waals surface area (Å²) < 4.78 is 93.2. The van der Waals surface area contributed by atoms with Crippen molar-refractivity contribution in [3.8, 4) is 0 Å². The van der Waals surface area contributed by atoms with Gasteiger partial charge in [0.05, 0.1) is 29.2 Å². The van der Waals surface area contributed by atoms with Gasteiger partial charge in [-0.15, -0.1) is 0 Å². The van der Waals surface area contributed by atoms with Crippen molar-refractivity contribution in [1.82, 2.24) is 19.6 Å². The maximum absolute atomic E-state index is 13.3. The molecule has 0 spiro atoms. The van der Waals surface area contributed by atoms with Gasteiger partial charge < -0.3 is 5.32 Å². The zero-order chi connectivity index (χ0) is 25.4. The highest BCUT2D eigenvalue weighted by molar-refractivity contribution is 5.94. The number of amides is 1. The van der Waals surface area contributed by atoms with E-state index in [1.165, 1.54) is 23.7 Å². The van der Waals surface area contributed by atoms with E-state index >= 15 is 0 Å². The van der Waals surface area contributed by atoms with Crippen molar-refractivity contribution in [1.29, 1.82) is 0 Å². The van der Waals surface area contributed by atoms with Crippen LogP contribution in [-0.4, -0.2) is 25.5 Å². The van der Waals surface area contributed by atoms with Gasteiger partial charge in [-0.25, -0.2) is 17.6 Å². The molecule has 0 bridgehead atoms. The predicted molar refractivity (Wildman–Crippen MR) is 108 cm³/mol. The molecule has 2 heterocycles. The molecule has 6 nitrogen and oxygen atoms in total. The number of aromatic nitrogens is 4. The Morgan fingerprint density at radius 3 is 2.32 bits per heavy atom. The van der Waals surface area contributed by atoms with E-state index in [4.69, 9.17) is 0 Å². The molecule has 13 heteroatoms. The molecule has 0 saturated carbocycles. The van der Waals surface area contributed by atoms with Crippen LogP contribution in [0.15, 0.2) is 30.3 Å². The lowest BCUT2D eigenvalue weighted by atomic mass is 10.1. The summed E-state index contributed by atoms with van der Waals surface area (Å²) in [7, 11) is 0. The highest BCUT2D eigenvalue weighted by Crippen LogP contribution is 2.31. The fourth-order valence-electron chi connectivity index (χ4n) is 3.40. The van der Waals surface area contributed by atoms with Gasteiger partial charge in [0, 0.05) is 0 Å². The number of hydrogen-bond donors (Lipinski definition) is 1. The normalized spacial score (nSPS) is 13.1. The molecular weight excluding hydrogens is 471 g/mol. The molecule has 1 amide bonds. The van der Waals surface area contributed by atoms with E-state index in [0.29, 0.717) is 27.7 Å².